The van der Waals surface area contributed by atoms with Gasteiger partial charge in [0.05, 0.1) is 6.20 Å². The minimum absolute atomic E-state index is 0.185. The summed E-state index contributed by atoms with van der Waals surface area (Å²) in [7, 11) is 1.93. The molecule has 1 fully saturated rings. The molecule has 2 rings (SSSR count). The Bertz CT molecular complexity index is 405. The summed E-state index contributed by atoms with van der Waals surface area (Å²) in [5.74, 6) is 0.185. The van der Waals surface area contributed by atoms with Gasteiger partial charge in [0.2, 0.25) is 5.91 Å². The van der Waals surface area contributed by atoms with E-state index in [4.69, 9.17) is 0 Å². The van der Waals surface area contributed by atoms with Crippen molar-refractivity contribution in [3.63, 3.8) is 0 Å². The summed E-state index contributed by atoms with van der Waals surface area (Å²) in [5, 5.41) is 7.34. The first-order valence-electron chi connectivity index (χ1n) is 6.93. The van der Waals surface area contributed by atoms with Gasteiger partial charge in [-0.1, -0.05) is 19.3 Å². The molecule has 1 heterocycles. The maximum absolute atomic E-state index is 11.9. The molecule has 18 heavy (non-hydrogen) atoms. The summed E-state index contributed by atoms with van der Waals surface area (Å²) in [6, 6.07) is 0.418. The minimum Gasteiger partial charge on any atom is -0.353 e. The number of carbonyl (C=O) groups is 1. The molecule has 0 bridgehead atoms. The third-order valence-corrected chi connectivity index (χ3v) is 3.93. The molecule has 0 unspecified atom stereocenters. The molecule has 1 aromatic rings. The highest BCUT2D eigenvalue weighted by molar-refractivity contribution is 5.76. The van der Waals surface area contributed by atoms with Crippen LogP contribution in [0.4, 0.5) is 0 Å². The van der Waals surface area contributed by atoms with E-state index < -0.39 is 0 Å². The number of rotatable bonds is 4. The molecule has 1 saturated carbocycles. The molecular formula is C14H23N3O. The fourth-order valence-corrected chi connectivity index (χ4v) is 2.58. The number of carbonyl (C=O) groups excluding carboxylic acids is 1. The van der Waals surface area contributed by atoms with Crippen LogP contribution < -0.4 is 5.32 Å². The Labute approximate surface area is 109 Å². The fraction of sp³-hybridized carbons (Fsp3) is 0.714. The number of aryl methyl sites for hydroxylation is 2. The first kappa shape index (κ1) is 13.1. The van der Waals surface area contributed by atoms with Gasteiger partial charge in [-0.15, -0.1) is 0 Å². The molecule has 1 amide bonds. The molecule has 0 aromatic carbocycles. The summed E-state index contributed by atoms with van der Waals surface area (Å²) < 4.78 is 1.86. The lowest BCUT2D eigenvalue weighted by Gasteiger charge is -2.22. The molecule has 1 aromatic heterocycles. The molecule has 0 spiro atoms. The number of amides is 1. The van der Waals surface area contributed by atoms with E-state index in [1.165, 1.54) is 24.8 Å². The van der Waals surface area contributed by atoms with Crippen molar-refractivity contribution in [3.05, 3.63) is 17.5 Å². The minimum atomic E-state index is 0.185. The molecule has 0 aliphatic heterocycles. The van der Waals surface area contributed by atoms with Crippen LogP contribution in [0.2, 0.25) is 0 Å². The van der Waals surface area contributed by atoms with Crippen LogP contribution in [0.15, 0.2) is 6.20 Å². The van der Waals surface area contributed by atoms with Crippen molar-refractivity contribution in [2.75, 3.05) is 0 Å². The summed E-state index contributed by atoms with van der Waals surface area (Å²) in [6.45, 7) is 2.04. The third-order valence-electron chi connectivity index (χ3n) is 3.93. The summed E-state index contributed by atoms with van der Waals surface area (Å²) in [6.07, 6.45) is 9.36. The first-order valence-corrected chi connectivity index (χ1v) is 6.93. The van der Waals surface area contributed by atoms with Crippen molar-refractivity contribution in [1.82, 2.24) is 15.1 Å². The lowest BCUT2D eigenvalue weighted by molar-refractivity contribution is -0.121. The standard InChI is InChI=1S/C14H23N3O/c1-11-12(10-15-17(11)2)8-9-14(18)16-13-6-4-3-5-7-13/h10,13H,3-9H2,1-2H3,(H,16,18). The van der Waals surface area contributed by atoms with Crippen LogP contribution in [0.3, 0.4) is 0 Å². The topological polar surface area (TPSA) is 46.9 Å². The Morgan fingerprint density at radius 3 is 2.78 bits per heavy atom. The Hall–Kier alpha value is -1.32. The van der Waals surface area contributed by atoms with Crippen LogP contribution in [0.25, 0.3) is 0 Å². The predicted molar refractivity (Wildman–Crippen MR) is 71.3 cm³/mol. The van der Waals surface area contributed by atoms with Gasteiger partial charge >= 0.3 is 0 Å². The highest BCUT2D eigenvalue weighted by Gasteiger charge is 2.15. The van der Waals surface area contributed by atoms with Gasteiger partial charge in [-0.05, 0) is 31.7 Å². The molecule has 0 radical (unpaired) electrons. The zero-order chi connectivity index (χ0) is 13.0. The van der Waals surface area contributed by atoms with E-state index in [9.17, 15) is 4.79 Å². The molecular weight excluding hydrogens is 226 g/mol. The second-order valence-electron chi connectivity index (χ2n) is 5.28. The smallest absolute Gasteiger partial charge is 0.220 e. The van der Waals surface area contributed by atoms with Gasteiger partial charge in [0, 0.05) is 25.2 Å². The van der Waals surface area contributed by atoms with E-state index in [2.05, 4.69) is 10.4 Å². The van der Waals surface area contributed by atoms with Gasteiger partial charge in [-0.2, -0.15) is 5.10 Å². The molecule has 1 aliphatic rings. The highest BCUT2D eigenvalue weighted by atomic mass is 16.1. The number of aromatic nitrogens is 2. The maximum Gasteiger partial charge on any atom is 0.220 e. The second-order valence-corrected chi connectivity index (χ2v) is 5.28. The average molecular weight is 249 g/mol. The third kappa shape index (κ3) is 3.34. The van der Waals surface area contributed by atoms with E-state index in [1.54, 1.807) is 0 Å². The van der Waals surface area contributed by atoms with Gasteiger partial charge in [-0.25, -0.2) is 0 Å². The SMILES string of the molecule is Cc1c(CCC(=O)NC2CCCCC2)cnn1C. The quantitative estimate of drug-likeness (QED) is 0.888. The highest BCUT2D eigenvalue weighted by Crippen LogP contribution is 2.17. The van der Waals surface area contributed by atoms with Crippen molar-refractivity contribution >= 4 is 5.91 Å². The van der Waals surface area contributed by atoms with Crippen molar-refractivity contribution in [2.45, 2.75) is 57.9 Å². The number of nitrogens with one attached hydrogen (secondary N) is 1. The van der Waals surface area contributed by atoms with E-state index in [0.29, 0.717) is 12.5 Å². The van der Waals surface area contributed by atoms with Crippen molar-refractivity contribution in [1.29, 1.82) is 0 Å². The summed E-state index contributed by atoms with van der Waals surface area (Å²) >= 11 is 0. The van der Waals surface area contributed by atoms with Gasteiger partial charge in [0.1, 0.15) is 0 Å². The van der Waals surface area contributed by atoms with Crippen LogP contribution in [-0.2, 0) is 18.3 Å². The Kier molecular flexibility index (Phi) is 4.39. The monoisotopic (exact) mass is 249 g/mol. The van der Waals surface area contributed by atoms with Crippen molar-refractivity contribution in [2.24, 2.45) is 7.05 Å². The van der Waals surface area contributed by atoms with Gasteiger partial charge in [0.25, 0.3) is 0 Å². The van der Waals surface area contributed by atoms with Crippen molar-refractivity contribution in [3.8, 4) is 0 Å². The van der Waals surface area contributed by atoms with Gasteiger partial charge in [0.15, 0.2) is 0 Å². The number of hydrogen-bond donors (Lipinski definition) is 1. The molecule has 1 N–H and O–H groups in total. The molecule has 4 heteroatoms. The maximum atomic E-state index is 11.9. The number of hydrogen-bond acceptors (Lipinski definition) is 2. The van der Waals surface area contributed by atoms with Crippen molar-refractivity contribution < 1.29 is 4.79 Å². The molecule has 1 aliphatic carbocycles. The zero-order valence-electron chi connectivity index (χ0n) is 11.4. The van der Waals surface area contributed by atoms with Gasteiger partial charge < -0.3 is 5.32 Å². The van der Waals surface area contributed by atoms with Crippen LogP contribution >= 0.6 is 0 Å². The van der Waals surface area contributed by atoms with Gasteiger partial charge in [-0.3, -0.25) is 9.48 Å². The first-order chi connectivity index (χ1) is 8.66. The van der Waals surface area contributed by atoms with Crippen LogP contribution in [0.5, 0.6) is 0 Å². The lowest BCUT2D eigenvalue weighted by atomic mass is 9.95. The summed E-state index contributed by atoms with van der Waals surface area (Å²) in [5.41, 5.74) is 2.33. The van der Waals surface area contributed by atoms with E-state index >= 15 is 0 Å². The van der Waals surface area contributed by atoms with E-state index in [1.807, 2.05) is 24.9 Å². The fourth-order valence-electron chi connectivity index (χ4n) is 2.58. The number of nitrogens with zero attached hydrogens (tertiary/aromatic N) is 2. The lowest BCUT2D eigenvalue weighted by Crippen LogP contribution is -2.36. The molecule has 100 valence electrons. The Morgan fingerprint density at radius 2 is 2.17 bits per heavy atom. The van der Waals surface area contributed by atoms with Crippen LogP contribution in [0, 0.1) is 6.92 Å². The molecule has 0 atom stereocenters. The summed E-state index contributed by atoms with van der Waals surface area (Å²) in [4.78, 5) is 11.9. The van der Waals surface area contributed by atoms with Crippen LogP contribution in [-0.4, -0.2) is 21.7 Å². The van der Waals surface area contributed by atoms with E-state index in [0.717, 1.165) is 25.0 Å². The second kappa shape index (κ2) is 6.03. The Balaban J connectivity index is 1.76. The van der Waals surface area contributed by atoms with Crippen LogP contribution in [0.1, 0.15) is 49.8 Å². The normalized spacial score (nSPS) is 16.8. The zero-order valence-corrected chi connectivity index (χ0v) is 11.4. The average Bonchev–Trinajstić information content (AvgIpc) is 2.69. The Morgan fingerprint density at radius 1 is 1.44 bits per heavy atom. The van der Waals surface area contributed by atoms with E-state index in [-0.39, 0.29) is 5.91 Å². The largest absolute Gasteiger partial charge is 0.353 e. The molecule has 0 saturated heterocycles. The molecule has 4 nitrogen and oxygen atoms in total. The predicted octanol–water partition coefficient (Wildman–Crippen LogP) is 2.11.